The van der Waals surface area contributed by atoms with Crippen molar-refractivity contribution in [2.75, 3.05) is 18.8 Å². The number of amides is 2. The lowest BCUT2D eigenvalue weighted by Gasteiger charge is -2.36. The number of hydrogen-bond donors (Lipinski definition) is 0. The highest BCUT2D eigenvalue weighted by Crippen LogP contribution is 2.26. The maximum absolute atomic E-state index is 12.7. The third-order valence-electron chi connectivity index (χ3n) is 6.22. The molecule has 0 saturated carbocycles. The maximum Gasteiger partial charge on any atom is 0.330 e. The number of carbonyl (C=O) groups excluding carboxylic acids is 2. The van der Waals surface area contributed by atoms with Crippen LogP contribution in [0.2, 0.25) is 5.02 Å². The lowest BCUT2D eigenvalue weighted by atomic mass is 10.0. The molecule has 0 bridgehead atoms. The van der Waals surface area contributed by atoms with Gasteiger partial charge in [-0.1, -0.05) is 29.8 Å². The van der Waals surface area contributed by atoms with Crippen LogP contribution in [0.4, 0.5) is 4.79 Å². The van der Waals surface area contributed by atoms with E-state index in [0.717, 1.165) is 16.7 Å². The molecule has 0 N–H and O–H groups in total. The minimum absolute atomic E-state index is 0.0216. The summed E-state index contributed by atoms with van der Waals surface area (Å²) in [5.74, 6) is 0.573. The van der Waals surface area contributed by atoms with E-state index in [1.165, 1.54) is 6.08 Å². The van der Waals surface area contributed by atoms with Crippen LogP contribution in [0.5, 0.6) is 0 Å². The van der Waals surface area contributed by atoms with E-state index in [9.17, 15) is 18.0 Å². The van der Waals surface area contributed by atoms with Gasteiger partial charge in [-0.2, -0.15) is 0 Å². The summed E-state index contributed by atoms with van der Waals surface area (Å²) in [5, 5.41) is 1.75. The molecule has 2 aliphatic rings. The van der Waals surface area contributed by atoms with Gasteiger partial charge in [0.15, 0.2) is 9.84 Å². The van der Waals surface area contributed by atoms with Crippen molar-refractivity contribution in [2.45, 2.75) is 45.2 Å². The van der Waals surface area contributed by atoms with Crippen molar-refractivity contribution in [3.8, 4) is 0 Å². The molecule has 0 aliphatic carbocycles. The molecule has 33 heavy (non-hydrogen) atoms. The van der Waals surface area contributed by atoms with Crippen LogP contribution in [0.25, 0.3) is 0 Å². The quantitative estimate of drug-likeness (QED) is 0.594. The number of imidazole rings is 1. The summed E-state index contributed by atoms with van der Waals surface area (Å²) >= 11 is 5.85. The van der Waals surface area contributed by atoms with Crippen molar-refractivity contribution in [3.63, 3.8) is 0 Å². The minimum Gasteiger partial charge on any atom is -0.342 e. The Labute approximate surface area is 198 Å². The first kappa shape index (κ1) is 23.5. The number of benzene rings is 1. The van der Waals surface area contributed by atoms with E-state index in [4.69, 9.17) is 11.6 Å². The predicted molar refractivity (Wildman–Crippen MR) is 126 cm³/mol. The average molecular weight is 491 g/mol. The van der Waals surface area contributed by atoms with Crippen molar-refractivity contribution in [2.24, 2.45) is 0 Å². The van der Waals surface area contributed by atoms with Crippen LogP contribution in [0.3, 0.4) is 0 Å². The Morgan fingerprint density at radius 3 is 2.58 bits per heavy atom. The Bertz CT molecular complexity index is 1170. The van der Waals surface area contributed by atoms with E-state index in [1.807, 2.05) is 11.8 Å². The van der Waals surface area contributed by atoms with Gasteiger partial charge in [-0.25, -0.2) is 18.2 Å². The number of rotatable bonds is 7. The molecule has 2 amide bonds. The van der Waals surface area contributed by atoms with Crippen LogP contribution in [0.15, 0.2) is 41.9 Å². The van der Waals surface area contributed by atoms with Crippen LogP contribution in [0, 0.1) is 6.92 Å². The first-order valence-corrected chi connectivity index (χ1v) is 13.1. The molecule has 4 rings (SSSR count). The Balaban J connectivity index is 1.22. The molecule has 1 saturated heterocycles. The van der Waals surface area contributed by atoms with Crippen molar-refractivity contribution in [3.05, 3.63) is 64.1 Å². The van der Waals surface area contributed by atoms with E-state index in [-0.39, 0.29) is 30.2 Å². The largest absolute Gasteiger partial charge is 0.342 e. The van der Waals surface area contributed by atoms with Crippen LogP contribution < -0.4 is 0 Å². The van der Waals surface area contributed by atoms with Crippen molar-refractivity contribution in [1.29, 1.82) is 0 Å². The number of aromatic nitrogens is 2. The van der Waals surface area contributed by atoms with Crippen LogP contribution >= 0.6 is 11.6 Å². The summed E-state index contributed by atoms with van der Waals surface area (Å²) in [7, 11) is -3.40. The highest BCUT2D eigenvalue weighted by molar-refractivity contribution is 7.94. The lowest BCUT2D eigenvalue weighted by molar-refractivity contribution is -0.131. The molecule has 10 heteroatoms. The summed E-state index contributed by atoms with van der Waals surface area (Å²) in [6, 6.07) is 7.12. The lowest BCUT2D eigenvalue weighted by Crippen LogP contribution is -2.47. The first-order chi connectivity index (χ1) is 15.7. The summed E-state index contributed by atoms with van der Waals surface area (Å²) in [5.41, 5.74) is 1.80. The number of sulfone groups is 1. The zero-order valence-corrected chi connectivity index (χ0v) is 20.1. The van der Waals surface area contributed by atoms with Gasteiger partial charge < -0.3 is 9.80 Å². The molecule has 2 aromatic rings. The minimum atomic E-state index is -3.40. The summed E-state index contributed by atoms with van der Waals surface area (Å²) in [6.45, 7) is 3.47. The fourth-order valence-corrected chi connectivity index (χ4v) is 5.52. The normalized spacial score (nSPS) is 17.2. The van der Waals surface area contributed by atoms with E-state index in [0.29, 0.717) is 49.7 Å². The van der Waals surface area contributed by atoms with Gasteiger partial charge in [0.25, 0.3) is 0 Å². The van der Waals surface area contributed by atoms with E-state index >= 15 is 0 Å². The Morgan fingerprint density at radius 2 is 1.91 bits per heavy atom. The molecule has 1 fully saturated rings. The number of nitrogens with zero attached hydrogens (tertiary/aromatic N) is 4. The van der Waals surface area contributed by atoms with Crippen LogP contribution in [-0.2, 0) is 27.6 Å². The maximum atomic E-state index is 12.7. The molecule has 0 radical (unpaired) electrons. The van der Waals surface area contributed by atoms with Gasteiger partial charge >= 0.3 is 6.03 Å². The van der Waals surface area contributed by atoms with Crippen molar-refractivity contribution >= 4 is 33.4 Å². The number of halogens is 1. The van der Waals surface area contributed by atoms with Gasteiger partial charge in [0.1, 0.15) is 5.82 Å². The van der Waals surface area contributed by atoms with Crippen LogP contribution in [-0.4, -0.2) is 64.6 Å². The van der Waals surface area contributed by atoms with E-state index in [1.54, 1.807) is 39.9 Å². The standard InChI is InChI=1S/C23H27ClN4O4S/c1-17-25-15-21-16-27(23(30)28(17)21)20-8-11-26(12-9-20)22(29)3-2-13-33(31,32)14-10-18-4-6-19(24)7-5-18/h2,4-7,13,15,20H,3,8-12,14,16H2,1H3. The number of likely N-dealkylation sites (tertiary alicyclic amines) is 1. The average Bonchev–Trinajstić information content (AvgIpc) is 3.33. The Morgan fingerprint density at radius 1 is 1.21 bits per heavy atom. The number of piperidine rings is 1. The Kier molecular flexibility index (Phi) is 6.90. The molecule has 1 aromatic carbocycles. The van der Waals surface area contributed by atoms with E-state index in [2.05, 4.69) is 4.98 Å². The topological polar surface area (TPSA) is 92.6 Å². The molecular formula is C23H27ClN4O4S. The molecule has 0 unspecified atom stereocenters. The van der Waals surface area contributed by atoms with Gasteiger partial charge in [-0.15, -0.1) is 0 Å². The molecule has 8 nitrogen and oxygen atoms in total. The second-order valence-corrected chi connectivity index (χ2v) is 10.9. The first-order valence-electron chi connectivity index (χ1n) is 11.0. The zero-order valence-electron chi connectivity index (χ0n) is 18.5. The number of carbonyl (C=O) groups is 2. The van der Waals surface area contributed by atoms with Crippen molar-refractivity contribution in [1.82, 2.24) is 19.4 Å². The highest BCUT2D eigenvalue weighted by atomic mass is 35.5. The van der Waals surface area contributed by atoms with Crippen LogP contribution in [0.1, 0.15) is 36.3 Å². The molecule has 2 aliphatic heterocycles. The van der Waals surface area contributed by atoms with Crippen molar-refractivity contribution < 1.29 is 18.0 Å². The number of hydrogen-bond acceptors (Lipinski definition) is 5. The monoisotopic (exact) mass is 490 g/mol. The van der Waals surface area contributed by atoms with Gasteiger partial charge in [0.2, 0.25) is 5.91 Å². The second kappa shape index (κ2) is 9.69. The molecule has 176 valence electrons. The highest BCUT2D eigenvalue weighted by Gasteiger charge is 2.36. The fourth-order valence-electron chi connectivity index (χ4n) is 4.35. The third-order valence-corrected chi connectivity index (χ3v) is 7.86. The molecule has 0 atom stereocenters. The smallest absolute Gasteiger partial charge is 0.330 e. The summed E-state index contributed by atoms with van der Waals surface area (Å²) in [6.07, 6.45) is 5.01. The summed E-state index contributed by atoms with van der Waals surface area (Å²) in [4.78, 5) is 33.0. The Hall–Kier alpha value is -2.65. The fraction of sp³-hybridized carbons (Fsp3) is 0.435. The van der Waals surface area contributed by atoms with Gasteiger partial charge in [-0.05, 0) is 43.9 Å². The zero-order chi connectivity index (χ0) is 23.6. The number of fused-ring (bicyclic) bond motifs is 1. The van der Waals surface area contributed by atoms with E-state index < -0.39 is 9.84 Å². The molecule has 3 heterocycles. The summed E-state index contributed by atoms with van der Waals surface area (Å²) < 4.78 is 26.2. The number of aryl methyl sites for hydroxylation is 2. The van der Waals surface area contributed by atoms with Gasteiger partial charge in [0, 0.05) is 36.0 Å². The SMILES string of the molecule is Cc1ncc2n1C(=O)N(C1CCN(C(=O)CC=CS(=O)(=O)CCc3ccc(Cl)cc3)CC1)C2. The molecular weight excluding hydrogens is 464 g/mol. The third kappa shape index (κ3) is 5.47. The van der Waals surface area contributed by atoms with Gasteiger partial charge in [-0.3, -0.25) is 9.36 Å². The second-order valence-electron chi connectivity index (χ2n) is 8.47. The predicted octanol–water partition coefficient (Wildman–Crippen LogP) is 3.18. The molecule has 1 aromatic heterocycles. The van der Waals surface area contributed by atoms with Gasteiger partial charge in [0.05, 0.1) is 24.2 Å². The molecule has 0 spiro atoms.